The van der Waals surface area contributed by atoms with Crippen molar-refractivity contribution in [2.75, 3.05) is 0 Å². The molecule has 0 aliphatic carbocycles. The number of nitrogens with one attached hydrogen (secondary N) is 1. The van der Waals surface area contributed by atoms with E-state index in [0.29, 0.717) is 20.9 Å². The minimum Gasteiger partial charge on any atom is -0.357 e. The molecule has 0 fully saturated rings. The highest BCUT2D eigenvalue weighted by atomic mass is 35.5. The lowest BCUT2D eigenvalue weighted by atomic mass is 9.99. The fourth-order valence-corrected chi connectivity index (χ4v) is 2.60. The molecule has 4 heteroatoms. The highest BCUT2D eigenvalue weighted by Gasteiger charge is 2.15. The van der Waals surface area contributed by atoms with Crippen molar-refractivity contribution in [3.63, 3.8) is 0 Å². The molecule has 0 spiro atoms. The van der Waals surface area contributed by atoms with Gasteiger partial charge in [0.2, 0.25) is 0 Å². The topological polar surface area (TPSA) is 32.9 Å². The Morgan fingerprint density at radius 1 is 1.18 bits per heavy atom. The first kappa shape index (κ1) is 12.5. The van der Waals surface area contributed by atoms with E-state index in [1.54, 1.807) is 12.1 Å². The number of H-pyrrole nitrogens is 1. The molecule has 0 amide bonds. The van der Waals surface area contributed by atoms with Crippen LogP contribution in [0.2, 0.25) is 10.0 Å². The summed E-state index contributed by atoms with van der Waals surface area (Å²) in [5.74, 6) is 0.151. The number of halogens is 2. The van der Waals surface area contributed by atoms with Gasteiger partial charge in [-0.05, 0) is 25.0 Å². The highest BCUT2D eigenvalue weighted by Crippen LogP contribution is 2.28. The van der Waals surface area contributed by atoms with E-state index < -0.39 is 0 Å². The van der Waals surface area contributed by atoms with Gasteiger partial charge in [0.25, 0.3) is 0 Å². The van der Waals surface area contributed by atoms with Gasteiger partial charge in [-0.15, -0.1) is 0 Å². The summed E-state index contributed by atoms with van der Waals surface area (Å²) in [5, 5.41) is 1.43. The van der Waals surface area contributed by atoms with Gasteiger partial charge in [0.1, 0.15) is 0 Å². The molecule has 0 radical (unpaired) electrons. The first-order valence-electron chi connectivity index (χ1n) is 5.44. The van der Waals surface area contributed by atoms with Crippen LogP contribution in [0.5, 0.6) is 0 Å². The van der Waals surface area contributed by atoms with Crippen molar-refractivity contribution in [3.8, 4) is 0 Å². The van der Waals surface area contributed by atoms with E-state index in [1.165, 1.54) is 0 Å². The summed E-state index contributed by atoms with van der Waals surface area (Å²) in [6.07, 6.45) is 0. The zero-order valence-electron chi connectivity index (χ0n) is 9.90. The number of pyridine rings is 1. The third kappa shape index (κ3) is 1.96. The number of benzene rings is 1. The number of fused-ring (bicyclic) bond motifs is 1. The monoisotopic (exact) mass is 269 g/mol. The summed E-state index contributed by atoms with van der Waals surface area (Å²) >= 11 is 12.2. The molecule has 0 saturated heterocycles. The quantitative estimate of drug-likeness (QED) is 0.824. The van der Waals surface area contributed by atoms with Gasteiger partial charge in [-0.2, -0.15) is 0 Å². The standard InChI is InChI=1S/C13H13Cl2NO/c1-6(2)10-7(3)16-12-9(15)5-4-8(14)11(12)13(10)17/h4-6H,1-3H3,(H,16,17). The van der Waals surface area contributed by atoms with Crippen LogP contribution in [0.1, 0.15) is 31.0 Å². The zero-order valence-corrected chi connectivity index (χ0v) is 11.4. The summed E-state index contributed by atoms with van der Waals surface area (Å²) in [5.41, 5.74) is 2.20. The van der Waals surface area contributed by atoms with Crippen LogP contribution in [0.3, 0.4) is 0 Å². The molecular formula is C13H13Cl2NO. The molecule has 0 aliphatic rings. The minimum atomic E-state index is -0.0289. The molecule has 0 atom stereocenters. The van der Waals surface area contributed by atoms with E-state index in [-0.39, 0.29) is 11.3 Å². The molecule has 2 aromatic rings. The van der Waals surface area contributed by atoms with E-state index in [1.807, 2.05) is 20.8 Å². The zero-order chi connectivity index (χ0) is 12.7. The maximum Gasteiger partial charge on any atom is 0.194 e. The molecule has 1 heterocycles. The van der Waals surface area contributed by atoms with Gasteiger partial charge in [-0.3, -0.25) is 4.79 Å². The molecule has 0 bridgehead atoms. The fourth-order valence-electron chi connectivity index (χ4n) is 2.15. The molecule has 0 saturated carbocycles. The van der Waals surface area contributed by atoms with Gasteiger partial charge in [0.15, 0.2) is 5.43 Å². The SMILES string of the molecule is Cc1[nH]c2c(Cl)ccc(Cl)c2c(=O)c1C(C)C. The van der Waals surface area contributed by atoms with Gasteiger partial charge in [0.05, 0.1) is 20.9 Å². The highest BCUT2D eigenvalue weighted by molar-refractivity contribution is 6.39. The lowest BCUT2D eigenvalue weighted by molar-refractivity contribution is 0.839. The van der Waals surface area contributed by atoms with Gasteiger partial charge >= 0.3 is 0 Å². The summed E-state index contributed by atoms with van der Waals surface area (Å²) < 4.78 is 0. The second kappa shape index (κ2) is 4.35. The molecule has 0 unspecified atom stereocenters. The number of rotatable bonds is 1. The molecule has 0 aliphatic heterocycles. The molecule has 1 aromatic heterocycles. The third-order valence-electron chi connectivity index (χ3n) is 2.87. The lowest BCUT2D eigenvalue weighted by Gasteiger charge is -2.12. The van der Waals surface area contributed by atoms with Crippen LogP contribution in [0.25, 0.3) is 10.9 Å². The summed E-state index contributed by atoms with van der Waals surface area (Å²) in [4.78, 5) is 15.6. The van der Waals surface area contributed by atoms with Crippen molar-refractivity contribution in [2.45, 2.75) is 26.7 Å². The second-order valence-corrected chi connectivity index (χ2v) is 5.24. The van der Waals surface area contributed by atoms with E-state index in [0.717, 1.165) is 11.3 Å². The molecule has 90 valence electrons. The van der Waals surface area contributed by atoms with Crippen molar-refractivity contribution in [3.05, 3.63) is 43.7 Å². The number of aromatic nitrogens is 1. The Labute approximate surface area is 110 Å². The predicted octanol–water partition coefficient (Wildman–Crippen LogP) is 4.27. The van der Waals surface area contributed by atoms with Crippen LogP contribution in [-0.4, -0.2) is 4.98 Å². The minimum absolute atomic E-state index is 0.0289. The van der Waals surface area contributed by atoms with Gasteiger partial charge in [0, 0.05) is 11.3 Å². The molecule has 17 heavy (non-hydrogen) atoms. The summed E-state index contributed by atoms with van der Waals surface area (Å²) in [6, 6.07) is 3.34. The van der Waals surface area contributed by atoms with Crippen LogP contribution >= 0.6 is 23.2 Å². The smallest absolute Gasteiger partial charge is 0.194 e. The van der Waals surface area contributed by atoms with Crippen molar-refractivity contribution in [1.82, 2.24) is 4.98 Å². The third-order valence-corrected chi connectivity index (χ3v) is 3.50. The first-order chi connectivity index (χ1) is 7.93. The van der Waals surface area contributed by atoms with E-state index in [9.17, 15) is 4.79 Å². The van der Waals surface area contributed by atoms with Crippen LogP contribution in [0, 0.1) is 6.92 Å². The maximum absolute atomic E-state index is 12.4. The summed E-state index contributed by atoms with van der Waals surface area (Å²) in [7, 11) is 0. The van der Waals surface area contributed by atoms with Crippen LogP contribution < -0.4 is 5.43 Å². The van der Waals surface area contributed by atoms with Crippen LogP contribution in [-0.2, 0) is 0 Å². The molecule has 2 nitrogen and oxygen atoms in total. The molecular weight excluding hydrogens is 257 g/mol. The van der Waals surface area contributed by atoms with Crippen molar-refractivity contribution >= 4 is 34.1 Å². The van der Waals surface area contributed by atoms with E-state index in [4.69, 9.17) is 23.2 Å². The predicted molar refractivity (Wildman–Crippen MR) is 73.4 cm³/mol. The number of aromatic amines is 1. The van der Waals surface area contributed by atoms with Gasteiger partial charge in [-0.1, -0.05) is 37.0 Å². The van der Waals surface area contributed by atoms with Crippen molar-refractivity contribution < 1.29 is 0 Å². The second-order valence-electron chi connectivity index (χ2n) is 4.43. The van der Waals surface area contributed by atoms with Crippen molar-refractivity contribution in [2.24, 2.45) is 0 Å². The van der Waals surface area contributed by atoms with E-state index >= 15 is 0 Å². The van der Waals surface area contributed by atoms with Crippen LogP contribution in [0.4, 0.5) is 0 Å². The number of aryl methyl sites for hydroxylation is 1. The largest absolute Gasteiger partial charge is 0.357 e. The Balaban J connectivity index is 3.03. The number of hydrogen-bond acceptors (Lipinski definition) is 1. The number of hydrogen-bond donors (Lipinski definition) is 1. The Morgan fingerprint density at radius 2 is 1.76 bits per heavy atom. The Kier molecular flexibility index (Phi) is 3.19. The average Bonchev–Trinajstić information content (AvgIpc) is 2.22. The molecule has 1 aromatic carbocycles. The van der Waals surface area contributed by atoms with E-state index in [2.05, 4.69) is 4.98 Å². The summed E-state index contributed by atoms with van der Waals surface area (Å²) in [6.45, 7) is 5.86. The maximum atomic E-state index is 12.4. The van der Waals surface area contributed by atoms with Gasteiger partial charge in [-0.25, -0.2) is 0 Å². The Hall–Kier alpha value is -0.990. The average molecular weight is 270 g/mol. The molecule has 2 rings (SSSR count). The molecule has 1 N–H and O–H groups in total. The van der Waals surface area contributed by atoms with Crippen LogP contribution in [0.15, 0.2) is 16.9 Å². The van der Waals surface area contributed by atoms with Gasteiger partial charge < -0.3 is 4.98 Å². The lowest BCUT2D eigenvalue weighted by Crippen LogP contribution is -2.15. The van der Waals surface area contributed by atoms with Crippen molar-refractivity contribution in [1.29, 1.82) is 0 Å². The normalized spacial score (nSPS) is 11.4. The fraction of sp³-hybridized carbons (Fsp3) is 0.308. The first-order valence-corrected chi connectivity index (χ1v) is 6.19. The Bertz CT molecular complexity index is 644. The Morgan fingerprint density at radius 3 is 2.35 bits per heavy atom.